The Kier molecular flexibility index (Phi) is 3.07. The molecule has 0 saturated carbocycles. The average molecular weight is 218 g/mol. The molecule has 0 radical (unpaired) electrons. The molecule has 0 aromatic heterocycles. The van der Waals surface area contributed by atoms with Gasteiger partial charge in [0.1, 0.15) is 0 Å². The first kappa shape index (κ1) is 11.7. The van der Waals surface area contributed by atoms with Gasteiger partial charge in [0.05, 0.1) is 6.10 Å². The molecule has 1 nitrogen and oxygen atoms in total. The van der Waals surface area contributed by atoms with Gasteiger partial charge in [-0.3, -0.25) is 0 Å². The molecule has 0 fully saturated rings. The maximum Gasteiger partial charge on any atom is 0.0546 e. The third kappa shape index (κ3) is 2.46. The van der Waals surface area contributed by atoms with Crippen LogP contribution in [0, 0.1) is 0 Å². The molecule has 1 N–H and O–H groups in total. The van der Waals surface area contributed by atoms with Gasteiger partial charge in [-0.2, -0.15) is 0 Å². The molecule has 0 aliphatic heterocycles. The van der Waals surface area contributed by atoms with Crippen LogP contribution in [0.25, 0.3) is 0 Å². The quantitative estimate of drug-likeness (QED) is 0.663. The van der Waals surface area contributed by atoms with E-state index in [1.165, 1.54) is 16.7 Å². The predicted octanol–water partition coefficient (Wildman–Crippen LogP) is 3.22. The van der Waals surface area contributed by atoms with E-state index in [1.54, 1.807) is 0 Å². The van der Waals surface area contributed by atoms with Crippen molar-refractivity contribution in [1.29, 1.82) is 0 Å². The van der Waals surface area contributed by atoms with Gasteiger partial charge in [-0.1, -0.05) is 39.0 Å². The van der Waals surface area contributed by atoms with E-state index in [9.17, 15) is 5.11 Å². The second-order valence-electron chi connectivity index (χ2n) is 5.96. The Morgan fingerprint density at radius 2 is 1.69 bits per heavy atom. The normalized spacial score (nSPS) is 21.4. The zero-order chi connectivity index (χ0) is 11.8. The smallest absolute Gasteiger partial charge is 0.0546 e. The highest BCUT2D eigenvalue weighted by Gasteiger charge is 2.18. The van der Waals surface area contributed by atoms with Crippen molar-refractivity contribution in [3.8, 4) is 0 Å². The Balaban J connectivity index is 2.32. The second kappa shape index (κ2) is 4.21. The SMILES string of the molecule is CC(C)(C)c1ccc2c(c1)CCC(O)CC2. The minimum absolute atomic E-state index is 0.106. The van der Waals surface area contributed by atoms with Crippen LogP contribution in [-0.4, -0.2) is 11.2 Å². The van der Waals surface area contributed by atoms with Gasteiger partial charge in [0, 0.05) is 0 Å². The summed E-state index contributed by atoms with van der Waals surface area (Å²) in [6, 6.07) is 6.85. The first-order chi connectivity index (χ1) is 7.47. The summed E-state index contributed by atoms with van der Waals surface area (Å²) < 4.78 is 0. The maximum absolute atomic E-state index is 9.69. The van der Waals surface area contributed by atoms with Crippen molar-refractivity contribution in [1.82, 2.24) is 0 Å². The summed E-state index contributed by atoms with van der Waals surface area (Å²) in [5.41, 5.74) is 4.51. The summed E-state index contributed by atoms with van der Waals surface area (Å²) in [6.45, 7) is 6.75. The fourth-order valence-electron chi connectivity index (χ4n) is 2.36. The Bertz CT molecular complexity index is 374. The first-order valence-electron chi connectivity index (χ1n) is 6.27. The Hall–Kier alpha value is -0.820. The maximum atomic E-state index is 9.69. The molecule has 0 heterocycles. The van der Waals surface area contributed by atoms with Crippen LogP contribution in [0.5, 0.6) is 0 Å². The van der Waals surface area contributed by atoms with E-state index in [0.717, 1.165) is 25.7 Å². The van der Waals surface area contributed by atoms with Gasteiger partial charge in [0.15, 0.2) is 0 Å². The zero-order valence-corrected chi connectivity index (χ0v) is 10.6. The summed E-state index contributed by atoms with van der Waals surface area (Å²) in [4.78, 5) is 0. The summed E-state index contributed by atoms with van der Waals surface area (Å²) in [5.74, 6) is 0. The molecule has 1 aliphatic rings. The van der Waals surface area contributed by atoms with Crippen LogP contribution in [0.15, 0.2) is 18.2 Å². The lowest BCUT2D eigenvalue weighted by atomic mass is 9.84. The van der Waals surface area contributed by atoms with Crippen molar-refractivity contribution < 1.29 is 5.11 Å². The number of aryl methyl sites for hydroxylation is 2. The van der Waals surface area contributed by atoms with Gasteiger partial charge in [0.25, 0.3) is 0 Å². The van der Waals surface area contributed by atoms with Gasteiger partial charge in [-0.25, -0.2) is 0 Å². The Morgan fingerprint density at radius 1 is 1.06 bits per heavy atom. The number of rotatable bonds is 0. The first-order valence-corrected chi connectivity index (χ1v) is 6.27. The molecule has 1 heteroatoms. The molecule has 2 rings (SSSR count). The largest absolute Gasteiger partial charge is 0.393 e. The number of hydrogen-bond donors (Lipinski definition) is 1. The zero-order valence-electron chi connectivity index (χ0n) is 10.6. The molecule has 0 spiro atoms. The number of hydrogen-bond acceptors (Lipinski definition) is 1. The van der Waals surface area contributed by atoms with Gasteiger partial charge >= 0.3 is 0 Å². The molecular formula is C15H22O. The van der Waals surface area contributed by atoms with Crippen LogP contribution in [0.4, 0.5) is 0 Å². The van der Waals surface area contributed by atoms with Crippen LogP contribution in [0.2, 0.25) is 0 Å². The van der Waals surface area contributed by atoms with Crippen molar-refractivity contribution in [3.05, 3.63) is 34.9 Å². The summed E-state index contributed by atoms with van der Waals surface area (Å²) in [6.07, 6.45) is 3.79. The molecular weight excluding hydrogens is 196 g/mol. The third-order valence-corrected chi connectivity index (χ3v) is 3.57. The minimum atomic E-state index is -0.106. The van der Waals surface area contributed by atoms with Crippen molar-refractivity contribution in [3.63, 3.8) is 0 Å². The number of aliphatic hydroxyl groups excluding tert-OH is 1. The molecule has 0 bridgehead atoms. The third-order valence-electron chi connectivity index (χ3n) is 3.57. The van der Waals surface area contributed by atoms with Crippen molar-refractivity contribution >= 4 is 0 Å². The highest BCUT2D eigenvalue weighted by atomic mass is 16.3. The predicted molar refractivity (Wildman–Crippen MR) is 67.8 cm³/mol. The minimum Gasteiger partial charge on any atom is -0.393 e. The molecule has 88 valence electrons. The van der Waals surface area contributed by atoms with Gasteiger partial charge in [-0.05, 0) is 47.8 Å². The van der Waals surface area contributed by atoms with Gasteiger partial charge in [-0.15, -0.1) is 0 Å². The van der Waals surface area contributed by atoms with Crippen LogP contribution < -0.4 is 0 Å². The molecule has 1 aromatic carbocycles. The highest BCUT2D eigenvalue weighted by molar-refractivity contribution is 5.36. The van der Waals surface area contributed by atoms with E-state index in [2.05, 4.69) is 39.0 Å². The standard InChI is InChI=1S/C15H22O/c1-15(2,3)13-7-4-11-5-8-14(16)9-6-12(11)10-13/h4,7,10,14,16H,5-6,8-9H2,1-3H3. The summed E-state index contributed by atoms with van der Waals surface area (Å²) >= 11 is 0. The molecule has 16 heavy (non-hydrogen) atoms. The summed E-state index contributed by atoms with van der Waals surface area (Å²) in [5, 5.41) is 9.69. The molecule has 0 saturated heterocycles. The lowest BCUT2D eigenvalue weighted by molar-refractivity contribution is 0.158. The van der Waals surface area contributed by atoms with E-state index >= 15 is 0 Å². The molecule has 1 aromatic rings. The number of aliphatic hydroxyl groups is 1. The Labute approximate surface area is 98.5 Å². The summed E-state index contributed by atoms with van der Waals surface area (Å²) in [7, 11) is 0. The fraction of sp³-hybridized carbons (Fsp3) is 0.600. The molecule has 1 atom stereocenters. The highest BCUT2D eigenvalue weighted by Crippen LogP contribution is 2.28. The van der Waals surface area contributed by atoms with Gasteiger partial charge in [0.2, 0.25) is 0 Å². The van der Waals surface area contributed by atoms with Gasteiger partial charge < -0.3 is 5.11 Å². The topological polar surface area (TPSA) is 20.2 Å². The van der Waals surface area contributed by atoms with Crippen LogP contribution in [0.1, 0.15) is 50.3 Å². The van der Waals surface area contributed by atoms with Crippen molar-refractivity contribution in [2.45, 2.75) is 58.0 Å². The van der Waals surface area contributed by atoms with E-state index in [0.29, 0.717) is 0 Å². The van der Waals surface area contributed by atoms with Crippen molar-refractivity contribution in [2.75, 3.05) is 0 Å². The molecule has 1 unspecified atom stereocenters. The van der Waals surface area contributed by atoms with Crippen molar-refractivity contribution in [2.24, 2.45) is 0 Å². The van der Waals surface area contributed by atoms with E-state index in [1.807, 2.05) is 0 Å². The fourth-order valence-corrected chi connectivity index (χ4v) is 2.36. The molecule has 0 amide bonds. The average Bonchev–Trinajstić information content (AvgIpc) is 2.39. The van der Waals surface area contributed by atoms with Crippen LogP contribution in [0.3, 0.4) is 0 Å². The van der Waals surface area contributed by atoms with E-state index in [4.69, 9.17) is 0 Å². The second-order valence-corrected chi connectivity index (χ2v) is 5.96. The Morgan fingerprint density at radius 3 is 2.31 bits per heavy atom. The lowest BCUT2D eigenvalue weighted by Crippen LogP contribution is -2.11. The lowest BCUT2D eigenvalue weighted by Gasteiger charge is -2.21. The number of benzene rings is 1. The van der Waals surface area contributed by atoms with E-state index in [-0.39, 0.29) is 11.5 Å². The van der Waals surface area contributed by atoms with E-state index < -0.39 is 0 Å². The number of fused-ring (bicyclic) bond motifs is 1. The van der Waals surface area contributed by atoms with Crippen LogP contribution >= 0.6 is 0 Å². The van der Waals surface area contributed by atoms with Crippen LogP contribution in [-0.2, 0) is 18.3 Å². The monoisotopic (exact) mass is 218 g/mol. The molecule has 1 aliphatic carbocycles.